The summed E-state index contributed by atoms with van der Waals surface area (Å²) >= 11 is 0. The molecule has 0 amide bonds. The number of carbonyl (C=O) groups is 2. The van der Waals surface area contributed by atoms with E-state index >= 15 is 0 Å². The van der Waals surface area contributed by atoms with Gasteiger partial charge in [0.25, 0.3) is 7.82 Å². The molecule has 0 aromatic carbocycles. The first-order valence-electron chi connectivity index (χ1n) is 23.0. The number of allylic oxidation sites excluding steroid dienone is 4. The van der Waals surface area contributed by atoms with Crippen LogP contribution in [0.3, 0.4) is 0 Å². The summed E-state index contributed by atoms with van der Waals surface area (Å²) < 4.78 is 33.9. The van der Waals surface area contributed by atoms with Crippen molar-refractivity contribution >= 4 is 19.8 Å². The molecule has 0 aromatic heterocycles. The van der Waals surface area contributed by atoms with Gasteiger partial charge in [-0.25, -0.2) is 0 Å². The summed E-state index contributed by atoms with van der Waals surface area (Å²) in [5, 5.41) is 0. The van der Waals surface area contributed by atoms with Crippen molar-refractivity contribution in [3.8, 4) is 0 Å². The molecule has 56 heavy (non-hydrogen) atoms. The van der Waals surface area contributed by atoms with Crippen LogP contribution in [0.2, 0.25) is 0 Å². The number of quaternary nitrogens is 1. The zero-order valence-electron chi connectivity index (χ0n) is 37.1. The van der Waals surface area contributed by atoms with E-state index in [2.05, 4.69) is 38.2 Å². The van der Waals surface area contributed by atoms with Gasteiger partial charge in [-0.2, -0.15) is 0 Å². The van der Waals surface area contributed by atoms with Gasteiger partial charge in [0.05, 0.1) is 27.7 Å². The third kappa shape index (κ3) is 42.1. The van der Waals surface area contributed by atoms with E-state index in [0.717, 1.165) is 51.4 Å². The molecule has 10 heteroatoms. The highest BCUT2D eigenvalue weighted by atomic mass is 31.2. The van der Waals surface area contributed by atoms with E-state index < -0.39 is 32.5 Å². The van der Waals surface area contributed by atoms with Crippen molar-refractivity contribution in [2.75, 3.05) is 47.5 Å². The van der Waals surface area contributed by atoms with Crippen molar-refractivity contribution in [1.29, 1.82) is 0 Å². The van der Waals surface area contributed by atoms with E-state index in [0.29, 0.717) is 23.9 Å². The highest BCUT2D eigenvalue weighted by molar-refractivity contribution is 7.45. The van der Waals surface area contributed by atoms with Gasteiger partial charge < -0.3 is 27.9 Å². The van der Waals surface area contributed by atoms with Crippen LogP contribution in [-0.4, -0.2) is 70.0 Å². The lowest BCUT2D eigenvalue weighted by Crippen LogP contribution is -2.37. The van der Waals surface area contributed by atoms with Gasteiger partial charge in [0, 0.05) is 12.8 Å². The van der Waals surface area contributed by atoms with Gasteiger partial charge in [0.1, 0.15) is 19.8 Å². The summed E-state index contributed by atoms with van der Waals surface area (Å²) in [6.07, 6.45) is 42.0. The Kier molecular flexibility index (Phi) is 37.9. The van der Waals surface area contributed by atoms with Crippen LogP contribution in [0.5, 0.6) is 0 Å². The molecule has 0 saturated carbocycles. The number of phosphoric acid groups is 1. The maximum Gasteiger partial charge on any atom is 0.306 e. The number of hydrogen-bond acceptors (Lipinski definition) is 8. The molecule has 0 heterocycles. The van der Waals surface area contributed by atoms with Crippen LogP contribution in [0.15, 0.2) is 24.3 Å². The van der Waals surface area contributed by atoms with Crippen molar-refractivity contribution in [2.45, 2.75) is 213 Å². The van der Waals surface area contributed by atoms with Gasteiger partial charge in [0.2, 0.25) is 0 Å². The summed E-state index contributed by atoms with van der Waals surface area (Å²) in [7, 11) is 1.16. The summed E-state index contributed by atoms with van der Waals surface area (Å²) in [6.45, 7) is 4.21. The minimum absolute atomic E-state index is 0.0312. The number of carbonyl (C=O) groups excluding carboxylic acids is 2. The first kappa shape index (κ1) is 54.5. The molecule has 0 radical (unpaired) electrons. The lowest BCUT2D eigenvalue weighted by Gasteiger charge is -2.28. The molecule has 9 nitrogen and oxygen atoms in total. The number of phosphoric ester groups is 1. The fourth-order valence-electron chi connectivity index (χ4n) is 6.33. The minimum atomic E-state index is -4.62. The monoisotopic (exact) mass is 814 g/mol. The van der Waals surface area contributed by atoms with Crippen LogP contribution >= 0.6 is 7.82 Å². The second-order valence-corrected chi connectivity index (χ2v) is 18.2. The van der Waals surface area contributed by atoms with Crippen molar-refractivity contribution < 1.29 is 42.1 Å². The number of esters is 2. The highest BCUT2D eigenvalue weighted by Gasteiger charge is 2.21. The molecule has 2 atom stereocenters. The second kappa shape index (κ2) is 39.0. The van der Waals surface area contributed by atoms with Crippen LogP contribution in [0.25, 0.3) is 0 Å². The van der Waals surface area contributed by atoms with Gasteiger partial charge in [-0.1, -0.05) is 173 Å². The van der Waals surface area contributed by atoms with E-state index in [1.807, 2.05) is 21.1 Å². The number of nitrogens with zero attached hydrogens (tertiary/aromatic N) is 1. The number of ether oxygens (including phenoxy) is 2. The van der Waals surface area contributed by atoms with Crippen LogP contribution in [0, 0.1) is 0 Å². The predicted molar refractivity (Wildman–Crippen MR) is 231 cm³/mol. The quantitative estimate of drug-likeness (QED) is 0.0197. The van der Waals surface area contributed by atoms with E-state index in [4.69, 9.17) is 18.5 Å². The molecule has 0 aliphatic heterocycles. The van der Waals surface area contributed by atoms with Gasteiger partial charge in [-0.15, -0.1) is 0 Å². The Morgan fingerprint density at radius 1 is 0.554 bits per heavy atom. The second-order valence-electron chi connectivity index (χ2n) is 16.8. The maximum atomic E-state index is 12.7. The first-order valence-corrected chi connectivity index (χ1v) is 24.5. The molecule has 0 saturated heterocycles. The average Bonchev–Trinajstić information content (AvgIpc) is 3.15. The van der Waals surface area contributed by atoms with Crippen molar-refractivity contribution in [2.24, 2.45) is 0 Å². The molecular weight excluding hydrogens is 725 g/mol. The van der Waals surface area contributed by atoms with Gasteiger partial charge >= 0.3 is 11.9 Å². The van der Waals surface area contributed by atoms with Gasteiger partial charge in [-0.3, -0.25) is 14.2 Å². The third-order valence-corrected chi connectivity index (χ3v) is 10.9. The molecule has 0 spiro atoms. The Morgan fingerprint density at radius 2 is 0.964 bits per heavy atom. The Morgan fingerprint density at radius 3 is 1.45 bits per heavy atom. The number of hydrogen-bond donors (Lipinski definition) is 0. The van der Waals surface area contributed by atoms with Crippen LogP contribution < -0.4 is 4.89 Å². The molecule has 0 rings (SSSR count). The molecule has 330 valence electrons. The normalized spacial score (nSPS) is 13.8. The molecule has 0 bridgehead atoms. The SMILES string of the molecule is CCCCC/C=C\C/C=C\CCCCCCCC(=O)OCC(COP(=O)([O-])OCC[N+](C)(C)C)OC(=O)CCCCCCCCCCCCCCCCCCC. The molecule has 0 N–H and O–H groups in total. The number of rotatable bonds is 42. The zero-order chi connectivity index (χ0) is 41.4. The van der Waals surface area contributed by atoms with Crippen LogP contribution in [-0.2, 0) is 32.7 Å². The smallest absolute Gasteiger partial charge is 0.306 e. The molecule has 0 aliphatic rings. The Bertz CT molecular complexity index is 1010. The number of unbranched alkanes of at least 4 members (excludes halogenated alkanes) is 24. The molecule has 0 aliphatic carbocycles. The molecule has 0 aromatic rings. The Labute approximate surface area is 345 Å². The minimum Gasteiger partial charge on any atom is -0.756 e. The van der Waals surface area contributed by atoms with E-state index in [9.17, 15) is 19.0 Å². The van der Waals surface area contributed by atoms with Gasteiger partial charge in [-0.05, 0) is 44.9 Å². The fourth-order valence-corrected chi connectivity index (χ4v) is 7.06. The van der Waals surface area contributed by atoms with Crippen molar-refractivity contribution in [3.63, 3.8) is 0 Å². The van der Waals surface area contributed by atoms with E-state index in [1.165, 1.54) is 116 Å². The average molecular weight is 814 g/mol. The van der Waals surface area contributed by atoms with E-state index in [-0.39, 0.29) is 26.1 Å². The zero-order valence-corrected chi connectivity index (χ0v) is 38.0. The Balaban J connectivity index is 4.33. The van der Waals surface area contributed by atoms with Crippen molar-refractivity contribution in [1.82, 2.24) is 0 Å². The summed E-state index contributed by atoms with van der Waals surface area (Å²) in [5.74, 6) is -0.842. The lowest BCUT2D eigenvalue weighted by atomic mass is 10.0. The summed E-state index contributed by atoms with van der Waals surface area (Å²) in [5.41, 5.74) is 0. The molecule has 2 unspecified atom stereocenters. The van der Waals surface area contributed by atoms with Gasteiger partial charge in [0.15, 0.2) is 6.10 Å². The summed E-state index contributed by atoms with van der Waals surface area (Å²) in [6, 6.07) is 0. The van der Waals surface area contributed by atoms with E-state index in [1.54, 1.807) is 0 Å². The summed E-state index contributed by atoms with van der Waals surface area (Å²) in [4.78, 5) is 37.6. The van der Waals surface area contributed by atoms with Crippen molar-refractivity contribution in [3.05, 3.63) is 24.3 Å². The predicted octanol–water partition coefficient (Wildman–Crippen LogP) is 12.5. The fraction of sp³-hybridized carbons (Fsp3) is 0.870. The largest absolute Gasteiger partial charge is 0.756 e. The number of likely N-dealkylation sites (N-methyl/N-ethyl adjacent to an activating group) is 1. The van der Waals surface area contributed by atoms with Crippen LogP contribution in [0.4, 0.5) is 0 Å². The first-order chi connectivity index (χ1) is 27.0. The maximum absolute atomic E-state index is 12.7. The standard InChI is InChI=1S/C46H88NO8P/c1-6-8-10-12-14-16-18-20-22-23-25-27-29-31-33-35-37-39-46(49)55-44(43-54-56(50,51)53-41-40-47(3,4)5)42-52-45(48)38-36-34-32-30-28-26-24-21-19-17-15-13-11-9-7-2/h15,17,21,24,44H,6-14,16,18-20,22-23,25-43H2,1-5H3/b17-15-,24-21-. The lowest BCUT2D eigenvalue weighted by molar-refractivity contribution is -0.870. The topological polar surface area (TPSA) is 111 Å². The Hall–Kier alpha value is -1.51. The molecular formula is C46H88NO8P. The third-order valence-electron chi connectivity index (χ3n) is 9.97. The van der Waals surface area contributed by atoms with Crippen LogP contribution in [0.1, 0.15) is 206 Å². The highest BCUT2D eigenvalue weighted by Crippen LogP contribution is 2.38. The molecule has 0 fully saturated rings.